The average molecular weight is 290 g/mol. The van der Waals surface area contributed by atoms with Gasteiger partial charge < -0.3 is 11.1 Å². The summed E-state index contributed by atoms with van der Waals surface area (Å²) in [7, 11) is 0. The van der Waals surface area contributed by atoms with E-state index in [-0.39, 0.29) is 22.8 Å². The maximum absolute atomic E-state index is 12.5. The van der Waals surface area contributed by atoms with Crippen LogP contribution in [-0.4, -0.2) is 22.1 Å². The van der Waals surface area contributed by atoms with Crippen molar-refractivity contribution in [3.05, 3.63) is 11.4 Å². The molecule has 2 bridgehead atoms. The van der Waals surface area contributed by atoms with Gasteiger partial charge in [0.1, 0.15) is 0 Å². The van der Waals surface area contributed by atoms with Crippen LogP contribution in [0.25, 0.3) is 0 Å². The predicted octanol–water partition coefficient (Wildman–Crippen LogP) is 2.50. The lowest BCUT2D eigenvalue weighted by molar-refractivity contribution is 0.0822. The maximum Gasteiger partial charge on any atom is 0.274 e. The number of nitrogens with two attached hydrogens (primary N) is 1. The number of nitrogen functional groups attached to an aromatic ring is 1. The van der Waals surface area contributed by atoms with Crippen molar-refractivity contribution in [3.63, 3.8) is 0 Å². The van der Waals surface area contributed by atoms with E-state index < -0.39 is 0 Å². The van der Waals surface area contributed by atoms with Gasteiger partial charge in [-0.15, -0.1) is 0 Å². The molecule has 5 nitrogen and oxygen atoms in total. The molecule has 0 radical (unpaired) electrons. The van der Waals surface area contributed by atoms with Crippen molar-refractivity contribution >= 4 is 11.6 Å². The average Bonchev–Trinajstić information content (AvgIpc) is 2.96. The second-order valence-corrected chi connectivity index (χ2v) is 7.45. The first-order valence-electron chi connectivity index (χ1n) is 7.94. The standard InChI is InChI=1S/C16H26N4O/c1-5-10-12(17)13(20-19-10)14(21)18-11-8-9-6-7-16(11,4)15(9,2)3/h9,11H,5-8,17H2,1-4H3,(H,18,21)(H,19,20). The highest BCUT2D eigenvalue weighted by Crippen LogP contribution is 2.65. The van der Waals surface area contributed by atoms with E-state index in [1.165, 1.54) is 12.8 Å². The number of carbonyl (C=O) groups excluding carboxylic acids is 1. The third-order valence-corrected chi connectivity index (χ3v) is 6.55. The van der Waals surface area contributed by atoms with Gasteiger partial charge in [0.15, 0.2) is 5.69 Å². The lowest BCUT2D eigenvalue weighted by atomic mass is 9.69. The van der Waals surface area contributed by atoms with E-state index in [1.807, 2.05) is 6.92 Å². The van der Waals surface area contributed by atoms with Gasteiger partial charge in [0, 0.05) is 6.04 Å². The number of nitrogens with one attached hydrogen (secondary N) is 2. The van der Waals surface area contributed by atoms with E-state index >= 15 is 0 Å². The molecule has 0 aliphatic heterocycles. The first-order chi connectivity index (χ1) is 9.81. The Morgan fingerprint density at radius 1 is 1.48 bits per heavy atom. The third kappa shape index (κ3) is 1.82. The lowest BCUT2D eigenvalue weighted by Crippen LogP contribution is -2.47. The van der Waals surface area contributed by atoms with E-state index in [9.17, 15) is 4.79 Å². The number of amides is 1. The summed E-state index contributed by atoms with van der Waals surface area (Å²) in [4.78, 5) is 12.5. The fourth-order valence-electron chi connectivity index (χ4n) is 4.48. The molecule has 4 N–H and O–H groups in total. The number of H-pyrrole nitrogens is 1. The van der Waals surface area contributed by atoms with Crippen LogP contribution in [0.1, 0.15) is 63.1 Å². The number of hydrogen-bond donors (Lipinski definition) is 3. The van der Waals surface area contributed by atoms with E-state index in [4.69, 9.17) is 5.73 Å². The maximum atomic E-state index is 12.5. The van der Waals surface area contributed by atoms with Crippen molar-refractivity contribution in [3.8, 4) is 0 Å². The molecule has 2 saturated carbocycles. The Morgan fingerprint density at radius 2 is 2.19 bits per heavy atom. The van der Waals surface area contributed by atoms with Crippen molar-refractivity contribution in [2.24, 2.45) is 16.7 Å². The number of hydrogen-bond acceptors (Lipinski definition) is 3. The molecule has 21 heavy (non-hydrogen) atoms. The second kappa shape index (κ2) is 4.49. The van der Waals surface area contributed by atoms with Crippen molar-refractivity contribution < 1.29 is 4.79 Å². The van der Waals surface area contributed by atoms with E-state index in [1.54, 1.807) is 0 Å². The molecule has 3 unspecified atom stereocenters. The second-order valence-electron chi connectivity index (χ2n) is 7.45. The Morgan fingerprint density at radius 3 is 2.67 bits per heavy atom. The van der Waals surface area contributed by atoms with Gasteiger partial charge in [-0.25, -0.2) is 0 Å². The van der Waals surface area contributed by atoms with Crippen LogP contribution in [0.2, 0.25) is 0 Å². The summed E-state index contributed by atoms with van der Waals surface area (Å²) in [6, 6.07) is 0.222. The van der Waals surface area contributed by atoms with E-state index in [2.05, 4.69) is 36.3 Å². The molecule has 3 atom stereocenters. The van der Waals surface area contributed by atoms with Crippen LogP contribution < -0.4 is 11.1 Å². The summed E-state index contributed by atoms with van der Waals surface area (Å²) in [6.45, 7) is 8.99. The number of anilines is 1. The summed E-state index contributed by atoms with van der Waals surface area (Å²) >= 11 is 0. The Labute approximate surface area is 126 Å². The molecule has 5 heteroatoms. The van der Waals surface area contributed by atoms with Gasteiger partial charge in [0.2, 0.25) is 0 Å². The fourth-order valence-corrected chi connectivity index (χ4v) is 4.48. The van der Waals surface area contributed by atoms with Crippen LogP contribution in [-0.2, 0) is 6.42 Å². The SMILES string of the molecule is CCc1[nH]nc(C(=O)NC2CC3CCC2(C)C3(C)C)c1N. The topological polar surface area (TPSA) is 83.8 Å². The molecule has 1 aromatic rings. The normalized spacial score (nSPS) is 33.3. The highest BCUT2D eigenvalue weighted by Gasteiger charge is 2.61. The number of aromatic amines is 1. The number of nitrogens with zero attached hydrogens (tertiary/aromatic N) is 1. The number of carbonyl (C=O) groups is 1. The molecule has 3 rings (SSSR count). The minimum Gasteiger partial charge on any atom is -0.395 e. The van der Waals surface area contributed by atoms with Gasteiger partial charge in [-0.05, 0) is 42.4 Å². The van der Waals surface area contributed by atoms with Crippen LogP contribution >= 0.6 is 0 Å². The van der Waals surface area contributed by atoms with Gasteiger partial charge in [-0.1, -0.05) is 27.7 Å². The molecule has 1 amide bonds. The summed E-state index contributed by atoms with van der Waals surface area (Å²) in [6.07, 6.45) is 4.29. The Balaban J connectivity index is 1.79. The van der Waals surface area contributed by atoms with Gasteiger partial charge >= 0.3 is 0 Å². The lowest BCUT2D eigenvalue weighted by Gasteiger charge is -2.39. The minimum atomic E-state index is -0.141. The summed E-state index contributed by atoms with van der Waals surface area (Å²) in [5, 5.41) is 10.1. The quantitative estimate of drug-likeness (QED) is 0.799. The van der Waals surface area contributed by atoms with Crippen LogP contribution in [0.4, 0.5) is 5.69 Å². The van der Waals surface area contributed by atoms with Crippen molar-refractivity contribution in [1.29, 1.82) is 0 Å². The Hall–Kier alpha value is -1.52. The van der Waals surface area contributed by atoms with Crippen molar-refractivity contribution in [1.82, 2.24) is 15.5 Å². The van der Waals surface area contributed by atoms with Crippen LogP contribution in [0.15, 0.2) is 0 Å². The van der Waals surface area contributed by atoms with Gasteiger partial charge in [0.05, 0.1) is 11.4 Å². The summed E-state index contributed by atoms with van der Waals surface area (Å²) in [5.74, 6) is 0.563. The molecule has 1 aromatic heterocycles. The molecule has 1 heterocycles. The third-order valence-electron chi connectivity index (χ3n) is 6.55. The van der Waals surface area contributed by atoms with Crippen LogP contribution in [0, 0.1) is 16.7 Å². The number of rotatable bonds is 3. The zero-order chi connectivity index (χ0) is 15.4. The van der Waals surface area contributed by atoms with Crippen molar-refractivity contribution in [2.45, 2.75) is 59.4 Å². The largest absolute Gasteiger partial charge is 0.395 e. The molecule has 2 aliphatic carbocycles. The monoisotopic (exact) mass is 290 g/mol. The highest BCUT2D eigenvalue weighted by molar-refractivity contribution is 5.97. The zero-order valence-corrected chi connectivity index (χ0v) is 13.4. The first kappa shape index (κ1) is 14.4. The smallest absolute Gasteiger partial charge is 0.274 e. The summed E-state index contributed by atoms with van der Waals surface area (Å²) < 4.78 is 0. The molecule has 2 fully saturated rings. The Bertz CT molecular complexity index is 577. The van der Waals surface area contributed by atoms with Crippen LogP contribution in [0.5, 0.6) is 0 Å². The number of aryl methyl sites for hydroxylation is 1. The number of fused-ring (bicyclic) bond motifs is 2. The van der Waals surface area contributed by atoms with Crippen LogP contribution in [0.3, 0.4) is 0 Å². The van der Waals surface area contributed by atoms with Gasteiger partial charge in [0.25, 0.3) is 5.91 Å². The van der Waals surface area contributed by atoms with E-state index in [0.29, 0.717) is 17.3 Å². The highest BCUT2D eigenvalue weighted by atomic mass is 16.2. The van der Waals surface area contributed by atoms with Crippen molar-refractivity contribution in [2.75, 3.05) is 5.73 Å². The molecule has 2 aliphatic rings. The molecular weight excluding hydrogens is 264 g/mol. The zero-order valence-electron chi connectivity index (χ0n) is 13.4. The number of aromatic nitrogens is 2. The molecule has 116 valence electrons. The molecule has 0 aromatic carbocycles. The van der Waals surface area contributed by atoms with E-state index in [0.717, 1.165) is 18.5 Å². The molecular formula is C16H26N4O. The molecule has 0 saturated heterocycles. The predicted molar refractivity (Wildman–Crippen MR) is 82.9 cm³/mol. The molecule has 0 spiro atoms. The fraction of sp³-hybridized carbons (Fsp3) is 0.750. The summed E-state index contributed by atoms with van der Waals surface area (Å²) in [5.41, 5.74) is 8.12. The van der Waals surface area contributed by atoms with Gasteiger partial charge in [-0.3, -0.25) is 9.89 Å². The van der Waals surface area contributed by atoms with Gasteiger partial charge in [-0.2, -0.15) is 5.10 Å². The first-order valence-corrected chi connectivity index (χ1v) is 7.94. The minimum absolute atomic E-state index is 0.141. The Kier molecular flexibility index (Phi) is 3.08.